The molecule has 0 aromatic carbocycles. The highest BCUT2D eigenvalue weighted by atomic mass is 35.5. The average molecular weight is 228 g/mol. The van der Waals surface area contributed by atoms with Crippen LogP contribution < -0.4 is 5.46 Å². The van der Waals surface area contributed by atoms with Gasteiger partial charge < -0.3 is 10.0 Å². The topological polar surface area (TPSA) is 53.4 Å². The molecule has 0 fully saturated rings. The fourth-order valence-corrected chi connectivity index (χ4v) is 1.52. The highest BCUT2D eigenvalue weighted by Crippen LogP contribution is 2.23. The number of aromatic nitrogens is 1. The third kappa shape index (κ3) is 3.82. The summed E-state index contributed by atoms with van der Waals surface area (Å²) in [5.74, 6) is 0. The van der Waals surface area contributed by atoms with E-state index in [-0.39, 0.29) is 5.41 Å². The van der Waals surface area contributed by atoms with E-state index in [0.29, 0.717) is 10.6 Å². The molecule has 0 amide bonds. The highest BCUT2D eigenvalue weighted by molar-refractivity contribution is 6.58. The first kappa shape index (κ1) is 12.5. The fraction of sp³-hybridized carbons (Fsp3) is 0.500. The van der Waals surface area contributed by atoms with Gasteiger partial charge in [0.05, 0.1) is 0 Å². The second-order valence-corrected chi connectivity index (χ2v) is 5.19. The van der Waals surface area contributed by atoms with Crippen molar-refractivity contribution in [3.63, 3.8) is 0 Å². The van der Waals surface area contributed by atoms with Crippen molar-refractivity contribution in [1.29, 1.82) is 0 Å². The van der Waals surface area contributed by atoms with Crippen molar-refractivity contribution in [3.8, 4) is 0 Å². The maximum Gasteiger partial charge on any atom is 0.490 e. The number of hydrogen-bond donors (Lipinski definition) is 2. The van der Waals surface area contributed by atoms with Gasteiger partial charge >= 0.3 is 7.12 Å². The molecule has 1 rings (SSSR count). The van der Waals surface area contributed by atoms with Crippen LogP contribution in [-0.2, 0) is 6.42 Å². The zero-order valence-corrected chi connectivity index (χ0v) is 9.91. The number of hydrogen-bond acceptors (Lipinski definition) is 3. The lowest BCUT2D eigenvalue weighted by Crippen LogP contribution is -2.31. The molecule has 1 aromatic rings. The van der Waals surface area contributed by atoms with E-state index in [9.17, 15) is 0 Å². The van der Waals surface area contributed by atoms with Crippen LogP contribution >= 0.6 is 11.6 Å². The van der Waals surface area contributed by atoms with Crippen LogP contribution in [0.5, 0.6) is 0 Å². The van der Waals surface area contributed by atoms with Gasteiger partial charge in [0.1, 0.15) is 5.15 Å². The van der Waals surface area contributed by atoms with Gasteiger partial charge in [-0.15, -0.1) is 0 Å². The largest absolute Gasteiger partial charge is 0.490 e. The Bertz CT molecular complexity index is 350. The minimum atomic E-state index is -1.49. The van der Waals surface area contributed by atoms with Crippen LogP contribution in [0.1, 0.15) is 26.3 Å². The summed E-state index contributed by atoms with van der Waals surface area (Å²) < 4.78 is 0. The molecule has 3 nitrogen and oxygen atoms in total. The predicted octanol–water partition coefficient (Wildman–Crippen LogP) is 1.00. The number of nitrogens with zero attached hydrogens (tertiary/aromatic N) is 1. The maximum atomic E-state index is 9.01. The molecule has 1 aromatic heterocycles. The molecule has 0 spiro atoms. The number of halogens is 1. The summed E-state index contributed by atoms with van der Waals surface area (Å²) in [4.78, 5) is 3.93. The van der Waals surface area contributed by atoms with Crippen LogP contribution in [0.4, 0.5) is 0 Å². The summed E-state index contributed by atoms with van der Waals surface area (Å²) >= 11 is 5.93. The Morgan fingerprint density at radius 3 is 2.47 bits per heavy atom. The molecule has 0 atom stereocenters. The molecule has 0 saturated carbocycles. The Morgan fingerprint density at radius 1 is 1.40 bits per heavy atom. The van der Waals surface area contributed by atoms with Gasteiger partial charge in [-0.25, -0.2) is 4.98 Å². The standard InChI is InChI=1S/C10H15BClNO2/c1-10(2,3)5-7-4-8(11(14)15)6-13-9(7)12/h4,6,14-15H,5H2,1-3H3. The van der Waals surface area contributed by atoms with E-state index in [0.717, 1.165) is 12.0 Å². The van der Waals surface area contributed by atoms with Crippen LogP contribution in [-0.4, -0.2) is 22.2 Å². The molecule has 0 radical (unpaired) electrons. The molecular weight excluding hydrogens is 212 g/mol. The Balaban J connectivity index is 3.01. The third-order valence-electron chi connectivity index (χ3n) is 1.95. The van der Waals surface area contributed by atoms with Gasteiger partial charge in [-0.1, -0.05) is 38.4 Å². The lowest BCUT2D eigenvalue weighted by molar-refractivity contribution is 0.410. The lowest BCUT2D eigenvalue weighted by atomic mass is 9.79. The Hall–Kier alpha value is -0.575. The summed E-state index contributed by atoms with van der Waals surface area (Å²) in [6.07, 6.45) is 2.12. The van der Waals surface area contributed by atoms with Gasteiger partial charge in [0.15, 0.2) is 0 Å². The van der Waals surface area contributed by atoms with Gasteiger partial charge in [0.25, 0.3) is 0 Å². The molecule has 0 bridgehead atoms. The van der Waals surface area contributed by atoms with Crippen molar-refractivity contribution in [2.24, 2.45) is 5.41 Å². The van der Waals surface area contributed by atoms with Crippen LogP contribution in [0, 0.1) is 5.41 Å². The van der Waals surface area contributed by atoms with Gasteiger partial charge in [-0.05, 0) is 17.4 Å². The first-order chi connectivity index (χ1) is 6.79. The van der Waals surface area contributed by atoms with Crippen LogP contribution in [0.2, 0.25) is 5.15 Å². The van der Waals surface area contributed by atoms with Gasteiger partial charge in [0.2, 0.25) is 0 Å². The predicted molar refractivity (Wildman–Crippen MR) is 62.2 cm³/mol. The molecule has 5 heteroatoms. The van der Waals surface area contributed by atoms with E-state index in [4.69, 9.17) is 21.6 Å². The Kier molecular flexibility index (Phi) is 3.76. The molecule has 1 heterocycles. The summed E-state index contributed by atoms with van der Waals surface area (Å²) in [6, 6.07) is 1.69. The minimum absolute atomic E-state index is 0.0877. The first-order valence-electron chi connectivity index (χ1n) is 4.80. The first-order valence-corrected chi connectivity index (χ1v) is 5.18. The SMILES string of the molecule is CC(C)(C)Cc1cc(B(O)O)cnc1Cl. The van der Waals surface area contributed by atoms with Crippen molar-refractivity contribution < 1.29 is 10.0 Å². The maximum absolute atomic E-state index is 9.01. The van der Waals surface area contributed by atoms with Crippen molar-refractivity contribution >= 4 is 24.2 Å². The van der Waals surface area contributed by atoms with E-state index in [1.54, 1.807) is 6.07 Å². The quantitative estimate of drug-likeness (QED) is 0.585. The summed E-state index contributed by atoms with van der Waals surface area (Å²) in [5.41, 5.74) is 1.30. The molecule has 2 N–H and O–H groups in total. The van der Waals surface area contributed by atoms with Crippen molar-refractivity contribution in [1.82, 2.24) is 4.98 Å². The van der Waals surface area contributed by atoms with Crippen LogP contribution in [0.25, 0.3) is 0 Å². The fourth-order valence-electron chi connectivity index (χ4n) is 1.35. The second kappa shape index (κ2) is 4.52. The molecule has 0 aliphatic rings. The van der Waals surface area contributed by atoms with E-state index in [1.807, 2.05) is 0 Å². The summed E-state index contributed by atoms with van der Waals surface area (Å²) in [6.45, 7) is 6.27. The molecule has 0 saturated heterocycles. The van der Waals surface area contributed by atoms with E-state index >= 15 is 0 Å². The number of rotatable bonds is 2. The molecule has 82 valence electrons. The Morgan fingerprint density at radius 2 is 2.00 bits per heavy atom. The van der Waals surface area contributed by atoms with Gasteiger partial charge in [-0.2, -0.15) is 0 Å². The zero-order valence-electron chi connectivity index (χ0n) is 9.16. The van der Waals surface area contributed by atoms with Crippen LogP contribution in [0.3, 0.4) is 0 Å². The van der Waals surface area contributed by atoms with Crippen molar-refractivity contribution in [2.75, 3.05) is 0 Å². The van der Waals surface area contributed by atoms with Gasteiger partial charge in [-0.3, -0.25) is 0 Å². The van der Waals surface area contributed by atoms with E-state index in [2.05, 4.69) is 25.8 Å². The third-order valence-corrected chi connectivity index (χ3v) is 2.29. The summed E-state index contributed by atoms with van der Waals surface area (Å²) in [5, 5.41) is 18.4. The zero-order chi connectivity index (χ0) is 11.6. The smallest absolute Gasteiger partial charge is 0.423 e. The lowest BCUT2D eigenvalue weighted by Gasteiger charge is -2.19. The normalized spacial score (nSPS) is 11.6. The monoisotopic (exact) mass is 227 g/mol. The minimum Gasteiger partial charge on any atom is -0.423 e. The van der Waals surface area contributed by atoms with Crippen molar-refractivity contribution in [3.05, 3.63) is 23.0 Å². The van der Waals surface area contributed by atoms with E-state index in [1.165, 1.54) is 6.20 Å². The molecule has 0 unspecified atom stereocenters. The van der Waals surface area contributed by atoms with E-state index < -0.39 is 7.12 Å². The molecular formula is C10H15BClNO2. The van der Waals surface area contributed by atoms with Crippen LogP contribution in [0.15, 0.2) is 12.3 Å². The Labute approximate surface area is 95.3 Å². The average Bonchev–Trinajstić information content (AvgIpc) is 2.06. The molecule has 0 aliphatic carbocycles. The molecule has 15 heavy (non-hydrogen) atoms. The molecule has 0 aliphatic heterocycles. The summed E-state index contributed by atoms with van der Waals surface area (Å²) in [7, 11) is -1.49. The van der Waals surface area contributed by atoms with Crippen molar-refractivity contribution in [2.45, 2.75) is 27.2 Å². The van der Waals surface area contributed by atoms with Gasteiger partial charge in [0, 0.05) is 11.7 Å². The highest BCUT2D eigenvalue weighted by Gasteiger charge is 2.18. The second-order valence-electron chi connectivity index (χ2n) is 4.83. The number of pyridine rings is 1.